The second-order valence-electron chi connectivity index (χ2n) is 7.50. The van der Waals surface area contributed by atoms with Gasteiger partial charge in [0.25, 0.3) is 0 Å². The van der Waals surface area contributed by atoms with E-state index in [2.05, 4.69) is 15.5 Å². The molecule has 5 heteroatoms. The normalized spacial score (nSPS) is 25.2. The fourth-order valence-electron chi connectivity index (χ4n) is 4.24. The molecule has 0 bridgehead atoms. The van der Waals surface area contributed by atoms with E-state index in [4.69, 9.17) is 11.6 Å². The molecule has 2 fully saturated rings. The van der Waals surface area contributed by atoms with E-state index in [1.165, 1.54) is 32.1 Å². The van der Waals surface area contributed by atoms with E-state index in [9.17, 15) is 4.79 Å². The van der Waals surface area contributed by atoms with Crippen LogP contribution in [-0.2, 0) is 11.3 Å². The van der Waals surface area contributed by atoms with Gasteiger partial charge in [-0.2, -0.15) is 0 Å². The zero-order chi connectivity index (χ0) is 17.6. The van der Waals surface area contributed by atoms with Crippen molar-refractivity contribution >= 4 is 17.5 Å². The maximum absolute atomic E-state index is 12.3. The lowest BCUT2D eigenvalue weighted by Gasteiger charge is -2.24. The van der Waals surface area contributed by atoms with Gasteiger partial charge in [-0.15, -0.1) is 0 Å². The summed E-state index contributed by atoms with van der Waals surface area (Å²) in [6.45, 7) is 2.71. The molecule has 1 aromatic carbocycles. The SMILES string of the molecule is CNC(=O)[C@@H]1C[C@H](NCC2CCCCC2)CN1Cc1ccccc1Cl. The predicted octanol–water partition coefficient (Wildman–Crippen LogP) is 3.20. The first-order valence-electron chi connectivity index (χ1n) is 9.60. The zero-order valence-electron chi connectivity index (χ0n) is 15.1. The van der Waals surface area contributed by atoms with Gasteiger partial charge >= 0.3 is 0 Å². The van der Waals surface area contributed by atoms with Crippen LogP contribution in [0.4, 0.5) is 0 Å². The fourth-order valence-corrected chi connectivity index (χ4v) is 4.43. The molecule has 138 valence electrons. The Morgan fingerprint density at radius 2 is 2.00 bits per heavy atom. The van der Waals surface area contributed by atoms with Crippen LogP contribution in [0.1, 0.15) is 44.1 Å². The quantitative estimate of drug-likeness (QED) is 0.815. The number of rotatable bonds is 6. The Morgan fingerprint density at radius 1 is 1.24 bits per heavy atom. The molecule has 0 unspecified atom stereocenters. The van der Waals surface area contributed by atoms with Gasteiger partial charge in [0.1, 0.15) is 0 Å². The fraction of sp³-hybridized carbons (Fsp3) is 0.650. The molecular formula is C20H30ClN3O. The van der Waals surface area contributed by atoms with Gasteiger partial charge < -0.3 is 10.6 Å². The van der Waals surface area contributed by atoms with Gasteiger partial charge in [-0.05, 0) is 43.4 Å². The lowest BCUT2D eigenvalue weighted by Crippen LogP contribution is -2.41. The maximum Gasteiger partial charge on any atom is 0.237 e. The van der Waals surface area contributed by atoms with Crippen molar-refractivity contribution in [3.05, 3.63) is 34.9 Å². The third kappa shape index (κ3) is 4.96. The number of nitrogens with zero attached hydrogens (tertiary/aromatic N) is 1. The number of amides is 1. The van der Waals surface area contributed by atoms with E-state index in [1.807, 2.05) is 24.3 Å². The van der Waals surface area contributed by atoms with E-state index in [0.717, 1.165) is 42.6 Å². The summed E-state index contributed by atoms with van der Waals surface area (Å²) in [6.07, 6.45) is 7.71. The summed E-state index contributed by atoms with van der Waals surface area (Å²) in [5, 5.41) is 7.33. The highest BCUT2D eigenvalue weighted by atomic mass is 35.5. The summed E-state index contributed by atoms with van der Waals surface area (Å²) in [7, 11) is 1.72. The molecule has 3 rings (SSSR count). The van der Waals surface area contributed by atoms with Gasteiger partial charge in [0.15, 0.2) is 0 Å². The molecule has 25 heavy (non-hydrogen) atoms. The van der Waals surface area contributed by atoms with E-state index in [-0.39, 0.29) is 11.9 Å². The number of carbonyl (C=O) groups is 1. The number of hydrogen-bond donors (Lipinski definition) is 2. The van der Waals surface area contributed by atoms with E-state index < -0.39 is 0 Å². The average molecular weight is 364 g/mol. The van der Waals surface area contributed by atoms with E-state index in [0.29, 0.717) is 6.04 Å². The maximum atomic E-state index is 12.3. The minimum absolute atomic E-state index is 0.0786. The van der Waals surface area contributed by atoms with Crippen molar-refractivity contribution in [1.82, 2.24) is 15.5 Å². The highest BCUT2D eigenvalue weighted by Gasteiger charge is 2.36. The van der Waals surface area contributed by atoms with E-state index >= 15 is 0 Å². The molecule has 4 nitrogen and oxygen atoms in total. The Hall–Kier alpha value is -1.10. The van der Waals surface area contributed by atoms with Crippen molar-refractivity contribution in [3.8, 4) is 0 Å². The minimum atomic E-state index is -0.0786. The molecule has 0 aromatic heterocycles. The summed E-state index contributed by atoms with van der Waals surface area (Å²) >= 11 is 6.32. The Bertz CT molecular complexity index is 574. The molecule has 1 saturated heterocycles. The van der Waals surface area contributed by atoms with E-state index in [1.54, 1.807) is 7.05 Å². The van der Waals surface area contributed by atoms with Crippen LogP contribution >= 0.6 is 11.6 Å². The first kappa shape index (κ1) is 18.7. The van der Waals surface area contributed by atoms with Crippen molar-refractivity contribution in [1.29, 1.82) is 0 Å². The van der Waals surface area contributed by atoms with Crippen LogP contribution in [-0.4, -0.2) is 43.0 Å². The molecule has 1 heterocycles. The molecule has 1 aliphatic carbocycles. The Balaban J connectivity index is 1.60. The lowest BCUT2D eigenvalue weighted by molar-refractivity contribution is -0.125. The molecular weight excluding hydrogens is 334 g/mol. The highest BCUT2D eigenvalue weighted by Crippen LogP contribution is 2.26. The molecule has 0 radical (unpaired) electrons. The number of likely N-dealkylation sites (tertiary alicyclic amines) is 1. The Labute approximate surface area is 156 Å². The Morgan fingerprint density at radius 3 is 2.72 bits per heavy atom. The Kier molecular flexibility index (Phi) is 6.74. The third-order valence-electron chi connectivity index (χ3n) is 5.70. The summed E-state index contributed by atoms with van der Waals surface area (Å²) in [5.74, 6) is 0.916. The van der Waals surface area contributed by atoms with Crippen molar-refractivity contribution < 1.29 is 4.79 Å². The first-order chi connectivity index (χ1) is 12.2. The third-order valence-corrected chi connectivity index (χ3v) is 6.07. The largest absolute Gasteiger partial charge is 0.358 e. The van der Waals surface area contributed by atoms with Crippen LogP contribution < -0.4 is 10.6 Å². The number of benzene rings is 1. The molecule has 2 N–H and O–H groups in total. The van der Waals surface area contributed by atoms with Crippen LogP contribution in [0.5, 0.6) is 0 Å². The number of carbonyl (C=O) groups excluding carboxylic acids is 1. The van der Waals surface area contributed by atoms with Crippen molar-refractivity contribution in [2.45, 2.75) is 57.2 Å². The summed E-state index contributed by atoms with van der Waals surface area (Å²) in [5.41, 5.74) is 1.09. The molecule has 1 aliphatic heterocycles. The number of nitrogens with one attached hydrogen (secondary N) is 2. The number of halogens is 1. The van der Waals surface area contributed by atoms with Crippen LogP contribution in [0.2, 0.25) is 5.02 Å². The van der Waals surface area contributed by atoms with Gasteiger partial charge in [-0.1, -0.05) is 49.1 Å². The predicted molar refractivity (Wildman–Crippen MR) is 103 cm³/mol. The second kappa shape index (κ2) is 9.02. The minimum Gasteiger partial charge on any atom is -0.358 e. The average Bonchev–Trinajstić information content (AvgIpc) is 3.05. The van der Waals surface area contributed by atoms with Crippen LogP contribution in [0.25, 0.3) is 0 Å². The van der Waals surface area contributed by atoms with Crippen molar-refractivity contribution in [2.24, 2.45) is 5.92 Å². The number of hydrogen-bond acceptors (Lipinski definition) is 3. The lowest BCUT2D eigenvalue weighted by atomic mass is 9.89. The summed E-state index contributed by atoms with van der Waals surface area (Å²) in [6, 6.07) is 8.22. The number of likely N-dealkylation sites (N-methyl/N-ethyl adjacent to an activating group) is 1. The second-order valence-corrected chi connectivity index (χ2v) is 7.90. The topological polar surface area (TPSA) is 44.4 Å². The highest BCUT2D eigenvalue weighted by molar-refractivity contribution is 6.31. The summed E-state index contributed by atoms with van der Waals surface area (Å²) in [4.78, 5) is 14.6. The monoisotopic (exact) mass is 363 g/mol. The van der Waals surface area contributed by atoms with Gasteiger partial charge in [-0.25, -0.2) is 0 Å². The van der Waals surface area contributed by atoms with Crippen LogP contribution in [0, 0.1) is 5.92 Å². The summed E-state index contributed by atoms with van der Waals surface area (Å²) < 4.78 is 0. The van der Waals surface area contributed by atoms with Gasteiger partial charge in [0.05, 0.1) is 6.04 Å². The molecule has 2 atom stereocenters. The molecule has 2 aliphatic rings. The molecule has 1 saturated carbocycles. The van der Waals surface area contributed by atoms with Gasteiger partial charge in [-0.3, -0.25) is 9.69 Å². The molecule has 1 aromatic rings. The molecule has 1 amide bonds. The smallest absolute Gasteiger partial charge is 0.237 e. The van der Waals surface area contributed by atoms with Crippen molar-refractivity contribution in [2.75, 3.05) is 20.1 Å². The van der Waals surface area contributed by atoms with Crippen molar-refractivity contribution in [3.63, 3.8) is 0 Å². The van der Waals surface area contributed by atoms with Gasteiger partial charge in [0.2, 0.25) is 5.91 Å². The standard InChI is InChI=1S/C20H30ClN3O/c1-22-20(25)19-11-17(23-12-15-7-3-2-4-8-15)14-24(19)13-16-9-5-6-10-18(16)21/h5-6,9-10,15,17,19,23H,2-4,7-8,11-14H2,1H3,(H,22,25)/t17-,19-/m0/s1. The van der Waals surface area contributed by atoms with Crippen LogP contribution in [0.15, 0.2) is 24.3 Å². The van der Waals surface area contributed by atoms with Gasteiger partial charge in [0, 0.05) is 31.2 Å². The zero-order valence-corrected chi connectivity index (χ0v) is 15.9. The first-order valence-corrected chi connectivity index (χ1v) is 9.97. The molecule has 0 spiro atoms. The van der Waals surface area contributed by atoms with Crippen LogP contribution in [0.3, 0.4) is 0 Å².